The van der Waals surface area contributed by atoms with Crippen LogP contribution in [0.25, 0.3) is 10.9 Å². The Morgan fingerprint density at radius 1 is 1.24 bits per heavy atom. The first-order valence-electron chi connectivity index (χ1n) is 7.36. The molecule has 0 aliphatic rings. The Labute approximate surface area is 143 Å². The van der Waals surface area contributed by atoms with E-state index in [0.717, 1.165) is 6.07 Å². The van der Waals surface area contributed by atoms with Gasteiger partial charge in [0.1, 0.15) is 17.0 Å². The maximum Gasteiger partial charge on any atom is 0.433 e. The summed E-state index contributed by atoms with van der Waals surface area (Å²) in [6.07, 6.45) is -2.85. The van der Waals surface area contributed by atoms with Crippen molar-refractivity contribution in [3.63, 3.8) is 0 Å². The predicted molar refractivity (Wildman–Crippen MR) is 89.7 cm³/mol. The Kier molecular flexibility index (Phi) is 5.63. The molecule has 0 aliphatic heterocycles. The summed E-state index contributed by atoms with van der Waals surface area (Å²) in [5.74, 6) is 0.478. The molecule has 0 radical (unpaired) electrons. The Hall–Kier alpha value is -2.61. The molecule has 0 aliphatic carbocycles. The molecule has 134 valence electrons. The Balaban J connectivity index is 2.72. The summed E-state index contributed by atoms with van der Waals surface area (Å²) in [5, 5.41) is 0.438. The van der Waals surface area contributed by atoms with E-state index in [1.807, 2.05) is 0 Å². The number of ether oxygens (including phenoxy) is 2. The number of alkyl halides is 3. The van der Waals surface area contributed by atoms with Gasteiger partial charge in [-0.3, -0.25) is 0 Å². The molecule has 0 saturated heterocycles. The number of hydrogen-bond acceptors (Lipinski definition) is 5. The summed E-state index contributed by atoms with van der Waals surface area (Å²) in [5.41, 5.74) is 5.67. The zero-order valence-corrected chi connectivity index (χ0v) is 14.0. The number of methoxy groups -OCH3 is 2. The Morgan fingerprint density at radius 3 is 2.52 bits per heavy atom. The third-order valence-corrected chi connectivity index (χ3v) is 3.45. The summed E-state index contributed by atoms with van der Waals surface area (Å²) < 4.78 is 49.3. The first kappa shape index (κ1) is 18.7. The maximum atomic E-state index is 13.0. The van der Waals surface area contributed by atoms with Crippen molar-refractivity contribution in [3.8, 4) is 5.75 Å². The number of halogens is 3. The number of rotatable bonds is 4. The van der Waals surface area contributed by atoms with Crippen molar-refractivity contribution in [2.45, 2.75) is 13.1 Å². The molecule has 8 heteroatoms. The summed E-state index contributed by atoms with van der Waals surface area (Å²) in [6, 6.07) is 5.44. The molecule has 5 nitrogen and oxygen atoms in total. The van der Waals surface area contributed by atoms with E-state index in [1.54, 1.807) is 19.1 Å². The molecule has 0 spiro atoms. The predicted octanol–water partition coefficient (Wildman–Crippen LogP) is 3.52. The van der Waals surface area contributed by atoms with Gasteiger partial charge in [-0.1, -0.05) is 0 Å². The van der Waals surface area contributed by atoms with E-state index >= 15 is 0 Å². The highest BCUT2D eigenvalue weighted by Gasteiger charge is 2.33. The van der Waals surface area contributed by atoms with Crippen LogP contribution < -0.4 is 10.5 Å². The number of aliphatic imine (C=N–C) groups is 1. The lowest BCUT2D eigenvalue weighted by Crippen LogP contribution is -2.10. The number of hydrogen-bond donors (Lipinski definition) is 1. The molecular weight excluding hydrogens is 335 g/mol. The van der Waals surface area contributed by atoms with Crippen molar-refractivity contribution in [2.75, 3.05) is 20.8 Å². The molecule has 2 N–H and O–H groups in total. The molecule has 25 heavy (non-hydrogen) atoms. The van der Waals surface area contributed by atoms with Gasteiger partial charge < -0.3 is 15.2 Å². The molecule has 0 unspecified atom stereocenters. The minimum absolute atomic E-state index is 0.0834. The fourth-order valence-electron chi connectivity index (χ4n) is 2.29. The maximum absolute atomic E-state index is 13.0. The second kappa shape index (κ2) is 7.52. The molecule has 1 heterocycles. The number of benzene rings is 1. The number of nitrogens with zero attached hydrogens (tertiary/aromatic N) is 2. The Morgan fingerprint density at radius 2 is 1.96 bits per heavy atom. The van der Waals surface area contributed by atoms with Gasteiger partial charge in [-0.2, -0.15) is 13.2 Å². The summed E-state index contributed by atoms with van der Waals surface area (Å²) in [4.78, 5) is 8.03. The van der Waals surface area contributed by atoms with Gasteiger partial charge in [0.2, 0.25) is 5.90 Å². The van der Waals surface area contributed by atoms with Gasteiger partial charge in [0, 0.05) is 23.2 Å². The number of nitrogens with two attached hydrogens (primary N) is 1. The molecular formula is C17H18F3N3O2. The van der Waals surface area contributed by atoms with Crippen LogP contribution in [0, 0.1) is 0 Å². The van der Waals surface area contributed by atoms with Crippen LogP contribution in [-0.2, 0) is 10.9 Å². The normalized spacial score (nSPS) is 13.2. The van der Waals surface area contributed by atoms with Gasteiger partial charge in [0.25, 0.3) is 0 Å². The van der Waals surface area contributed by atoms with Crippen molar-refractivity contribution in [2.24, 2.45) is 10.7 Å². The molecule has 1 aromatic carbocycles. The summed E-state index contributed by atoms with van der Waals surface area (Å²) in [7, 11) is 2.80. The van der Waals surface area contributed by atoms with Crippen LogP contribution in [0.4, 0.5) is 13.2 Å². The number of aromatic nitrogens is 1. The average molecular weight is 353 g/mol. The van der Waals surface area contributed by atoms with Crippen LogP contribution in [0.5, 0.6) is 5.75 Å². The fraction of sp³-hybridized carbons (Fsp3) is 0.294. The van der Waals surface area contributed by atoms with Gasteiger partial charge >= 0.3 is 6.18 Å². The van der Waals surface area contributed by atoms with Gasteiger partial charge in [-0.05, 0) is 37.3 Å². The zero-order chi connectivity index (χ0) is 18.6. The van der Waals surface area contributed by atoms with E-state index in [1.165, 1.54) is 26.4 Å². The highest BCUT2D eigenvalue weighted by molar-refractivity contribution is 6.07. The third kappa shape index (κ3) is 4.08. The number of fused-ring (bicyclic) bond motifs is 1. The van der Waals surface area contributed by atoms with Crippen molar-refractivity contribution < 1.29 is 22.6 Å². The van der Waals surface area contributed by atoms with Crippen LogP contribution in [0.1, 0.15) is 18.2 Å². The van der Waals surface area contributed by atoms with Gasteiger partial charge in [0.15, 0.2) is 0 Å². The zero-order valence-electron chi connectivity index (χ0n) is 14.0. The third-order valence-electron chi connectivity index (χ3n) is 3.45. The monoisotopic (exact) mass is 353 g/mol. The lowest BCUT2D eigenvalue weighted by molar-refractivity contribution is -0.140. The molecule has 0 fully saturated rings. The van der Waals surface area contributed by atoms with E-state index in [4.69, 9.17) is 15.2 Å². The van der Waals surface area contributed by atoms with Gasteiger partial charge in [0.05, 0.1) is 14.2 Å². The quantitative estimate of drug-likeness (QED) is 0.674. The van der Waals surface area contributed by atoms with Crippen LogP contribution in [0.15, 0.2) is 41.0 Å². The molecule has 2 aromatic rings. The molecule has 0 amide bonds. The van der Waals surface area contributed by atoms with Crippen molar-refractivity contribution in [1.29, 1.82) is 0 Å². The molecule has 1 aromatic heterocycles. The van der Waals surface area contributed by atoms with E-state index in [0.29, 0.717) is 23.2 Å². The minimum Gasteiger partial charge on any atom is -0.494 e. The van der Waals surface area contributed by atoms with E-state index in [-0.39, 0.29) is 17.2 Å². The summed E-state index contributed by atoms with van der Waals surface area (Å²) >= 11 is 0. The molecule has 0 saturated carbocycles. The first-order valence-corrected chi connectivity index (χ1v) is 7.36. The highest BCUT2D eigenvalue weighted by Crippen LogP contribution is 2.33. The Bertz CT molecular complexity index is 830. The summed E-state index contributed by atoms with van der Waals surface area (Å²) in [6.45, 7) is 2.06. The topological polar surface area (TPSA) is 69.7 Å². The van der Waals surface area contributed by atoms with Crippen LogP contribution in [0.3, 0.4) is 0 Å². The molecule has 0 atom stereocenters. The first-order chi connectivity index (χ1) is 11.8. The standard InChI is InChI=1S/C17H18F3N3O2/c1-10(8-9-21)22-16(25-3)12-4-6-13(24-2)15-11(12)5-7-14(23-15)17(18,19)20/h4-8H,9,21H2,1-3H3/b10-8+,22-16?. The lowest BCUT2D eigenvalue weighted by Gasteiger charge is -2.13. The second-order valence-electron chi connectivity index (χ2n) is 5.11. The van der Waals surface area contributed by atoms with Gasteiger partial charge in [-0.15, -0.1) is 0 Å². The molecule has 2 rings (SSSR count). The van der Waals surface area contributed by atoms with Crippen LogP contribution >= 0.6 is 0 Å². The van der Waals surface area contributed by atoms with Gasteiger partial charge in [-0.25, -0.2) is 9.98 Å². The van der Waals surface area contributed by atoms with E-state index < -0.39 is 11.9 Å². The van der Waals surface area contributed by atoms with Crippen molar-refractivity contribution in [3.05, 3.63) is 47.3 Å². The second-order valence-corrected chi connectivity index (χ2v) is 5.11. The smallest absolute Gasteiger partial charge is 0.433 e. The lowest BCUT2D eigenvalue weighted by atomic mass is 10.1. The van der Waals surface area contributed by atoms with Crippen LogP contribution in [-0.4, -0.2) is 31.6 Å². The highest BCUT2D eigenvalue weighted by atomic mass is 19.4. The SMILES string of the molecule is COC(=N/C(C)=C/CN)c1ccc(OC)c2nc(C(F)(F)F)ccc12. The van der Waals surface area contributed by atoms with Crippen LogP contribution in [0.2, 0.25) is 0 Å². The fourth-order valence-corrected chi connectivity index (χ4v) is 2.29. The largest absolute Gasteiger partial charge is 0.494 e. The molecule has 0 bridgehead atoms. The van der Waals surface area contributed by atoms with E-state index in [9.17, 15) is 13.2 Å². The number of allylic oxidation sites excluding steroid dienone is 1. The van der Waals surface area contributed by atoms with Crippen molar-refractivity contribution >= 4 is 16.8 Å². The minimum atomic E-state index is -4.55. The number of pyridine rings is 1. The average Bonchev–Trinajstić information content (AvgIpc) is 2.57. The van der Waals surface area contributed by atoms with Crippen molar-refractivity contribution in [1.82, 2.24) is 4.98 Å². The van der Waals surface area contributed by atoms with E-state index in [2.05, 4.69) is 9.98 Å².